The van der Waals surface area contributed by atoms with E-state index in [9.17, 15) is 13.2 Å². The van der Waals surface area contributed by atoms with E-state index in [2.05, 4.69) is 13.8 Å². The summed E-state index contributed by atoms with van der Waals surface area (Å²) in [5.74, 6) is 0.824. The first kappa shape index (κ1) is 15.8. The van der Waals surface area contributed by atoms with Gasteiger partial charge in [0.05, 0.1) is 12.2 Å². The largest absolute Gasteiger partial charge is 0.493 e. The lowest BCUT2D eigenvalue weighted by atomic mass is 10.1. The van der Waals surface area contributed by atoms with Gasteiger partial charge in [-0.15, -0.1) is 0 Å². The van der Waals surface area contributed by atoms with Crippen molar-refractivity contribution in [3.8, 4) is 5.75 Å². The highest BCUT2D eigenvalue weighted by Crippen LogP contribution is 2.33. The minimum absolute atomic E-state index is 0.0631. The average molecular weight is 275 g/mol. The summed E-state index contributed by atoms with van der Waals surface area (Å²) in [5.41, 5.74) is 4.74. The van der Waals surface area contributed by atoms with E-state index in [4.69, 9.17) is 10.5 Å². The van der Waals surface area contributed by atoms with E-state index >= 15 is 0 Å². The van der Waals surface area contributed by atoms with E-state index in [1.54, 1.807) is 0 Å². The molecule has 0 saturated carbocycles. The van der Waals surface area contributed by atoms with Crippen molar-refractivity contribution in [1.82, 2.24) is 0 Å². The molecule has 2 N–H and O–H groups in total. The molecule has 0 amide bonds. The molecule has 0 aliphatic heterocycles. The van der Waals surface area contributed by atoms with E-state index in [1.165, 1.54) is 12.1 Å². The van der Waals surface area contributed by atoms with Crippen LogP contribution in [0, 0.1) is 5.92 Å². The standard InChI is InChI=1S/C14H20F3NO/c1-3-4-10(2)9-19-12-5-6-13(14(15,16)17)11(7-12)8-18/h5-7,10H,3-4,8-9,18H2,1-2H3. The molecule has 108 valence electrons. The van der Waals surface area contributed by atoms with Crippen LogP contribution in [-0.2, 0) is 12.7 Å². The molecular formula is C14H20F3NO. The number of hydrogen-bond donors (Lipinski definition) is 1. The fourth-order valence-electron chi connectivity index (χ4n) is 1.92. The van der Waals surface area contributed by atoms with Crippen LogP contribution < -0.4 is 10.5 Å². The Kier molecular flexibility index (Phi) is 5.66. The summed E-state index contributed by atoms with van der Waals surface area (Å²) in [5, 5.41) is 0. The van der Waals surface area contributed by atoms with Gasteiger partial charge >= 0.3 is 6.18 Å². The Balaban J connectivity index is 2.77. The summed E-state index contributed by atoms with van der Waals surface area (Å²) in [7, 11) is 0. The maximum absolute atomic E-state index is 12.7. The lowest BCUT2D eigenvalue weighted by molar-refractivity contribution is -0.138. The number of alkyl halides is 3. The van der Waals surface area contributed by atoms with Gasteiger partial charge in [0, 0.05) is 6.54 Å². The van der Waals surface area contributed by atoms with Gasteiger partial charge in [0.15, 0.2) is 0 Å². The van der Waals surface area contributed by atoms with Crippen LogP contribution in [0.4, 0.5) is 13.2 Å². The first-order chi connectivity index (χ1) is 8.88. The van der Waals surface area contributed by atoms with Crippen molar-refractivity contribution < 1.29 is 17.9 Å². The fourth-order valence-corrected chi connectivity index (χ4v) is 1.92. The molecule has 0 spiro atoms. The number of halogens is 3. The number of hydrogen-bond acceptors (Lipinski definition) is 2. The average Bonchev–Trinajstić information content (AvgIpc) is 2.35. The van der Waals surface area contributed by atoms with Crippen LogP contribution in [-0.4, -0.2) is 6.61 Å². The Morgan fingerprint density at radius 1 is 1.32 bits per heavy atom. The molecule has 0 radical (unpaired) electrons. The second-order valence-electron chi connectivity index (χ2n) is 4.73. The van der Waals surface area contributed by atoms with Gasteiger partial charge in [-0.3, -0.25) is 0 Å². The van der Waals surface area contributed by atoms with E-state index in [0.717, 1.165) is 18.9 Å². The van der Waals surface area contributed by atoms with Crippen molar-refractivity contribution in [1.29, 1.82) is 0 Å². The summed E-state index contributed by atoms with van der Waals surface area (Å²) in [4.78, 5) is 0. The van der Waals surface area contributed by atoms with Crippen molar-refractivity contribution in [3.63, 3.8) is 0 Å². The van der Waals surface area contributed by atoms with Crippen molar-refractivity contribution >= 4 is 0 Å². The molecule has 19 heavy (non-hydrogen) atoms. The summed E-state index contributed by atoms with van der Waals surface area (Å²) >= 11 is 0. The van der Waals surface area contributed by atoms with Gasteiger partial charge in [-0.1, -0.05) is 20.3 Å². The van der Waals surface area contributed by atoms with E-state index < -0.39 is 11.7 Å². The van der Waals surface area contributed by atoms with Crippen molar-refractivity contribution in [2.45, 2.75) is 39.4 Å². The van der Waals surface area contributed by atoms with Gasteiger partial charge in [0.2, 0.25) is 0 Å². The summed E-state index contributed by atoms with van der Waals surface area (Å²) in [6.07, 6.45) is -2.28. The smallest absolute Gasteiger partial charge is 0.416 e. The molecule has 0 bridgehead atoms. The third-order valence-corrected chi connectivity index (χ3v) is 2.92. The molecule has 5 heteroatoms. The molecule has 1 aromatic carbocycles. The van der Waals surface area contributed by atoms with Crippen LogP contribution in [0.2, 0.25) is 0 Å². The molecule has 0 fully saturated rings. The predicted molar refractivity (Wildman–Crippen MR) is 68.9 cm³/mol. The van der Waals surface area contributed by atoms with E-state index in [0.29, 0.717) is 18.3 Å². The molecule has 1 atom stereocenters. The number of nitrogens with two attached hydrogens (primary N) is 1. The minimum atomic E-state index is -4.37. The molecule has 1 rings (SSSR count). The maximum Gasteiger partial charge on any atom is 0.416 e. The van der Waals surface area contributed by atoms with Gasteiger partial charge in [-0.05, 0) is 36.1 Å². The Bertz CT molecular complexity index is 404. The van der Waals surface area contributed by atoms with Crippen molar-refractivity contribution in [2.75, 3.05) is 6.61 Å². The zero-order valence-corrected chi connectivity index (χ0v) is 11.3. The topological polar surface area (TPSA) is 35.2 Å². The maximum atomic E-state index is 12.7. The minimum Gasteiger partial charge on any atom is -0.493 e. The van der Waals surface area contributed by atoms with Gasteiger partial charge in [-0.25, -0.2) is 0 Å². The molecule has 0 aromatic heterocycles. The summed E-state index contributed by atoms with van der Waals surface area (Å²) in [6.45, 7) is 4.48. The highest BCUT2D eigenvalue weighted by molar-refractivity contribution is 5.37. The third-order valence-electron chi connectivity index (χ3n) is 2.92. The molecule has 2 nitrogen and oxygen atoms in total. The normalized spacial score (nSPS) is 13.4. The lowest BCUT2D eigenvalue weighted by Gasteiger charge is -2.15. The van der Waals surface area contributed by atoms with Crippen LogP contribution >= 0.6 is 0 Å². The van der Waals surface area contributed by atoms with Crippen molar-refractivity contribution in [2.24, 2.45) is 11.7 Å². The number of ether oxygens (including phenoxy) is 1. The van der Waals surface area contributed by atoms with E-state index in [1.807, 2.05) is 0 Å². The second-order valence-corrected chi connectivity index (χ2v) is 4.73. The summed E-state index contributed by atoms with van der Waals surface area (Å²) in [6, 6.07) is 3.75. The summed E-state index contributed by atoms with van der Waals surface area (Å²) < 4.78 is 43.6. The SMILES string of the molecule is CCCC(C)COc1ccc(C(F)(F)F)c(CN)c1. The molecule has 0 heterocycles. The number of benzene rings is 1. The second kappa shape index (κ2) is 6.80. The zero-order chi connectivity index (χ0) is 14.5. The monoisotopic (exact) mass is 275 g/mol. The Labute approximate surface area is 111 Å². The number of rotatable bonds is 6. The highest BCUT2D eigenvalue weighted by Gasteiger charge is 2.32. The molecule has 0 aliphatic carbocycles. The van der Waals surface area contributed by atoms with Gasteiger partial charge in [0.1, 0.15) is 5.75 Å². The van der Waals surface area contributed by atoms with Crippen molar-refractivity contribution in [3.05, 3.63) is 29.3 Å². The molecule has 0 aliphatic rings. The van der Waals surface area contributed by atoms with Gasteiger partial charge in [0.25, 0.3) is 0 Å². The lowest BCUT2D eigenvalue weighted by Crippen LogP contribution is -2.13. The van der Waals surface area contributed by atoms with Gasteiger partial charge < -0.3 is 10.5 Å². The fraction of sp³-hybridized carbons (Fsp3) is 0.571. The van der Waals surface area contributed by atoms with E-state index in [-0.39, 0.29) is 12.1 Å². The quantitative estimate of drug-likeness (QED) is 0.852. The van der Waals surface area contributed by atoms with Crippen LogP contribution in [0.5, 0.6) is 5.75 Å². The first-order valence-electron chi connectivity index (χ1n) is 6.41. The van der Waals surface area contributed by atoms with Crippen LogP contribution in [0.25, 0.3) is 0 Å². The van der Waals surface area contributed by atoms with Crippen LogP contribution in [0.1, 0.15) is 37.8 Å². The third kappa shape index (κ3) is 4.74. The Morgan fingerprint density at radius 2 is 2.00 bits per heavy atom. The van der Waals surface area contributed by atoms with Crippen LogP contribution in [0.15, 0.2) is 18.2 Å². The molecule has 1 unspecified atom stereocenters. The van der Waals surface area contributed by atoms with Crippen LogP contribution in [0.3, 0.4) is 0 Å². The van der Waals surface area contributed by atoms with Gasteiger partial charge in [-0.2, -0.15) is 13.2 Å². The Morgan fingerprint density at radius 3 is 2.53 bits per heavy atom. The molecule has 0 saturated heterocycles. The molecular weight excluding hydrogens is 255 g/mol. The highest BCUT2D eigenvalue weighted by atomic mass is 19.4. The Hall–Kier alpha value is -1.23. The first-order valence-corrected chi connectivity index (χ1v) is 6.41. The molecule has 1 aromatic rings. The zero-order valence-electron chi connectivity index (χ0n) is 11.3. The predicted octanol–water partition coefficient (Wildman–Crippen LogP) is 3.98.